The molecule has 2 aromatic heterocycles. The fourth-order valence-electron chi connectivity index (χ4n) is 3.40. The van der Waals surface area contributed by atoms with Crippen LogP contribution in [0.15, 0.2) is 36.7 Å². The van der Waals surface area contributed by atoms with E-state index in [0.29, 0.717) is 35.8 Å². The molecule has 1 fully saturated rings. The third-order valence-corrected chi connectivity index (χ3v) is 5.15. The second-order valence-corrected chi connectivity index (χ2v) is 7.17. The molecule has 0 radical (unpaired) electrons. The van der Waals surface area contributed by atoms with E-state index in [1.165, 1.54) is 12.4 Å². The van der Waals surface area contributed by atoms with E-state index >= 15 is 0 Å². The molecular weight excluding hydrogens is 396 g/mol. The first kappa shape index (κ1) is 20.6. The summed E-state index contributed by atoms with van der Waals surface area (Å²) < 4.78 is 11.8. The predicted molar refractivity (Wildman–Crippen MR) is 115 cm³/mol. The van der Waals surface area contributed by atoms with Gasteiger partial charge < -0.3 is 20.1 Å². The predicted octanol–water partition coefficient (Wildman–Crippen LogP) is 1.77. The SMILES string of the molecule is COc1cccc(OC[C@@H]2CNCCN2C)c1-c1cc(Nc2cnc(C#N)cn2)n[nH]1. The molecular formula is C21H24N8O2. The Labute approximate surface area is 180 Å². The van der Waals surface area contributed by atoms with Crippen LogP contribution < -0.4 is 20.1 Å². The van der Waals surface area contributed by atoms with Crippen LogP contribution in [0.3, 0.4) is 0 Å². The van der Waals surface area contributed by atoms with Gasteiger partial charge in [-0.3, -0.25) is 10.00 Å². The van der Waals surface area contributed by atoms with E-state index in [1.807, 2.05) is 30.3 Å². The highest BCUT2D eigenvalue weighted by molar-refractivity contribution is 5.76. The highest BCUT2D eigenvalue weighted by Gasteiger charge is 2.21. The summed E-state index contributed by atoms with van der Waals surface area (Å²) >= 11 is 0. The first-order chi connectivity index (χ1) is 15.2. The van der Waals surface area contributed by atoms with Crippen LogP contribution in [0.25, 0.3) is 11.3 Å². The Morgan fingerprint density at radius 3 is 2.87 bits per heavy atom. The molecule has 0 aliphatic carbocycles. The number of benzene rings is 1. The van der Waals surface area contributed by atoms with Gasteiger partial charge in [-0.1, -0.05) is 6.07 Å². The summed E-state index contributed by atoms with van der Waals surface area (Å²) in [5.41, 5.74) is 1.79. The number of anilines is 2. The van der Waals surface area contributed by atoms with Gasteiger partial charge in [0.05, 0.1) is 36.8 Å². The Morgan fingerprint density at radius 1 is 1.26 bits per heavy atom. The highest BCUT2D eigenvalue weighted by atomic mass is 16.5. The summed E-state index contributed by atoms with van der Waals surface area (Å²) in [7, 11) is 3.74. The summed E-state index contributed by atoms with van der Waals surface area (Å²) in [6.45, 7) is 3.43. The number of nitriles is 1. The number of likely N-dealkylation sites (N-methyl/N-ethyl adjacent to an activating group) is 1. The minimum atomic E-state index is 0.253. The molecule has 3 N–H and O–H groups in total. The lowest BCUT2D eigenvalue weighted by Crippen LogP contribution is -2.51. The number of aromatic amines is 1. The van der Waals surface area contributed by atoms with Crippen LogP contribution in [-0.4, -0.2) is 71.5 Å². The number of hydrogen-bond donors (Lipinski definition) is 3. The lowest BCUT2D eigenvalue weighted by molar-refractivity contribution is 0.136. The molecule has 1 saturated heterocycles. The lowest BCUT2D eigenvalue weighted by Gasteiger charge is -2.33. The molecule has 1 aliphatic heterocycles. The third kappa shape index (κ3) is 4.74. The van der Waals surface area contributed by atoms with Gasteiger partial charge >= 0.3 is 0 Å². The second kappa shape index (κ2) is 9.42. The molecule has 3 heterocycles. The molecule has 1 aromatic carbocycles. The number of H-pyrrole nitrogens is 1. The topological polar surface area (TPSA) is 124 Å². The molecule has 0 amide bonds. The maximum Gasteiger partial charge on any atom is 0.158 e. The zero-order valence-electron chi connectivity index (χ0n) is 17.4. The van der Waals surface area contributed by atoms with Crippen LogP contribution in [0.1, 0.15) is 5.69 Å². The van der Waals surface area contributed by atoms with Gasteiger partial charge in [0.15, 0.2) is 11.5 Å². The van der Waals surface area contributed by atoms with Crippen molar-refractivity contribution in [2.75, 3.05) is 45.7 Å². The number of hydrogen-bond acceptors (Lipinski definition) is 9. The molecule has 31 heavy (non-hydrogen) atoms. The number of methoxy groups -OCH3 is 1. The van der Waals surface area contributed by atoms with E-state index in [1.54, 1.807) is 7.11 Å². The van der Waals surface area contributed by atoms with Gasteiger partial charge in [0, 0.05) is 25.7 Å². The van der Waals surface area contributed by atoms with Gasteiger partial charge in [-0.15, -0.1) is 0 Å². The average molecular weight is 420 g/mol. The monoisotopic (exact) mass is 420 g/mol. The van der Waals surface area contributed by atoms with Gasteiger partial charge in [0.1, 0.15) is 30.0 Å². The minimum Gasteiger partial charge on any atom is -0.496 e. The Morgan fingerprint density at radius 2 is 2.13 bits per heavy atom. The van der Waals surface area contributed by atoms with Crippen molar-refractivity contribution in [3.8, 4) is 28.8 Å². The standard InChI is InChI=1S/C21H24N8O2/c1-29-7-6-23-11-15(29)13-31-18-5-3-4-17(30-2)21(18)16-8-19(28-27-16)26-20-12-24-14(9-22)10-25-20/h3-5,8,10,12,15,23H,6-7,11,13H2,1-2H3,(H2,25,26,27,28)/t15-/m0/s1. The van der Waals surface area contributed by atoms with Crippen molar-refractivity contribution in [2.24, 2.45) is 0 Å². The Hall–Kier alpha value is -3.68. The van der Waals surface area contributed by atoms with E-state index in [9.17, 15) is 0 Å². The van der Waals surface area contributed by atoms with E-state index in [-0.39, 0.29) is 5.69 Å². The number of aromatic nitrogens is 4. The molecule has 0 bridgehead atoms. The smallest absolute Gasteiger partial charge is 0.158 e. The molecule has 0 unspecified atom stereocenters. The maximum absolute atomic E-state index is 8.84. The Balaban J connectivity index is 1.54. The van der Waals surface area contributed by atoms with Crippen LogP contribution in [0.5, 0.6) is 11.5 Å². The zero-order chi connectivity index (χ0) is 21.6. The molecule has 1 aliphatic rings. The van der Waals surface area contributed by atoms with Crippen molar-refractivity contribution < 1.29 is 9.47 Å². The van der Waals surface area contributed by atoms with Crippen LogP contribution in [0.4, 0.5) is 11.6 Å². The van der Waals surface area contributed by atoms with Crippen molar-refractivity contribution in [1.82, 2.24) is 30.4 Å². The van der Waals surface area contributed by atoms with E-state index in [4.69, 9.17) is 14.7 Å². The molecule has 3 aromatic rings. The van der Waals surface area contributed by atoms with Gasteiger partial charge in [-0.05, 0) is 19.2 Å². The van der Waals surface area contributed by atoms with E-state index in [2.05, 4.69) is 42.7 Å². The van der Waals surface area contributed by atoms with Crippen molar-refractivity contribution >= 4 is 11.6 Å². The highest BCUT2D eigenvalue weighted by Crippen LogP contribution is 2.38. The third-order valence-electron chi connectivity index (χ3n) is 5.15. The van der Waals surface area contributed by atoms with Crippen molar-refractivity contribution in [1.29, 1.82) is 5.26 Å². The number of nitrogens with one attached hydrogen (secondary N) is 3. The normalized spacial score (nSPS) is 16.5. The van der Waals surface area contributed by atoms with Gasteiger partial charge in [-0.25, -0.2) is 9.97 Å². The van der Waals surface area contributed by atoms with E-state index in [0.717, 1.165) is 30.9 Å². The molecule has 1 atom stereocenters. The molecule has 0 spiro atoms. The molecule has 0 saturated carbocycles. The van der Waals surface area contributed by atoms with E-state index < -0.39 is 0 Å². The van der Waals surface area contributed by atoms with Crippen LogP contribution in [0, 0.1) is 11.3 Å². The summed E-state index contributed by atoms with van der Waals surface area (Å²) in [5.74, 6) is 2.44. The van der Waals surface area contributed by atoms with Crippen molar-refractivity contribution in [2.45, 2.75) is 6.04 Å². The summed E-state index contributed by atoms with van der Waals surface area (Å²) in [6, 6.07) is 9.80. The molecule has 160 valence electrons. The van der Waals surface area contributed by atoms with Crippen LogP contribution in [-0.2, 0) is 0 Å². The first-order valence-electron chi connectivity index (χ1n) is 9.93. The quantitative estimate of drug-likeness (QED) is 0.524. The first-order valence-corrected chi connectivity index (χ1v) is 9.93. The largest absolute Gasteiger partial charge is 0.496 e. The fourth-order valence-corrected chi connectivity index (χ4v) is 3.40. The van der Waals surface area contributed by atoms with Crippen LogP contribution >= 0.6 is 0 Å². The van der Waals surface area contributed by atoms with Crippen molar-refractivity contribution in [3.05, 3.63) is 42.4 Å². The summed E-state index contributed by atoms with van der Waals surface area (Å²) in [6.07, 6.45) is 2.89. The fraction of sp³-hybridized carbons (Fsp3) is 0.333. The second-order valence-electron chi connectivity index (χ2n) is 7.17. The minimum absolute atomic E-state index is 0.253. The molecule has 4 rings (SSSR count). The lowest BCUT2D eigenvalue weighted by atomic mass is 10.1. The zero-order valence-corrected chi connectivity index (χ0v) is 17.4. The van der Waals surface area contributed by atoms with Gasteiger partial charge in [-0.2, -0.15) is 10.4 Å². The number of rotatable bonds is 7. The Bertz CT molecular complexity index is 1060. The van der Waals surface area contributed by atoms with Gasteiger partial charge in [0.2, 0.25) is 0 Å². The van der Waals surface area contributed by atoms with Crippen molar-refractivity contribution in [3.63, 3.8) is 0 Å². The average Bonchev–Trinajstić information content (AvgIpc) is 3.26. The summed E-state index contributed by atoms with van der Waals surface area (Å²) in [4.78, 5) is 10.5. The maximum atomic E-state index is 8.84. The number of nitrogens with zero attached hydrogens (tertiary/aromatic N) is 5. The molecule has 10 heteroatoms. The van der Waals surface area contributed by atoms with Gasteiger partial charge in [0.25, 0.3) is 0 Å². The Kier molecular flexibility index (Phi) is 6.26. The summed E-state index contributed by atoms with van der Waals surface area (Å²) in [5, 5.41) is 22.7. The van der Waals surface area contributed by atoms with Crippen LogP contribution in [0.2, 0.25) is 0 Å². The number of piperazine rings is 1. The molecule has 10 nitrogen and oxygen atoms in total. The number of ether oxygens (including phenoxy) is 2.